The number of hydrogen-bond acceptors (Lipinski definition) is 2. The largest absolute Gasteiger partial charge is 0.319 e. The Balaban J connectivity index is 1.91. The van der Waals surface area contributed by atoms with Crippen molar-refractivity contribution >= 4 is 0 Å². The van der Waals surface area contributed by atoms with Gasteiger partial charge in [0, 0.05) is 6.54 Å². The molecule has 1 aliphatic carbocycles. The zero-order chi connectivity index (χ0) is 14.1. The predicted molar refractivity (Wildman–Crippen MR) is 81.7 cm³/mol. The van der Waals surface area contributed by atoms with E-state index >= 15 is 0 Å². The van der Waals surface area contributed by atoms with Gasteiger partial charge in [-0.15, -0.1) is 0 Å². The molecule has 1 saturated carbocycles. The Hall–Kier alpha value is -1.61. The Bertz CT molecular complexity index is 596. The van der Waals surface area contributed by atoms with Gasteiger partial charge in [0.05, 0.1) is 17.4 Å². The first-order valence-corrected chi connectivity index (χ1v) is 7.59. The van der Waals surface area contributed by atoms with E-state index in [1.165, 1.54) is 30.4 Å². The molecule has 2 N–H and O–H groups in total. The second-order valence-corrected chi connectivity index (χ2v) is 5.80. The number of nitrogens with two attached hydrogens (primary N) is 1. The Morgan fingerprint density at radius 3 is 2.80 bits per heavy atom. The third-order valence-corrected chi connectivity index (χ3v) is 4.40. The molecular weight excluding hydrogens is 246 g/mol. The van der Waals surface area contributed by atoms with Crippen molar-refractivity contribution in [2.24, 2.45) is 5.73 Å². The molecule has 1 atom stereocenters. The second-order valence-electron chi connectivity index (χ2n) is 5.80. The zero-order valence-corrected chi connectivity index (χ0v) is 12.3. The molecule has 3 rings (SSSR count). The molecule has 106 valence electrons. The number of benzene rings is 1. The molecule has 2 aromatic rings. The van der Waals surface area contributed by atoms with Crippen LogP contribution in [0.1, 0.15) is 60.7 Å². The van der Waals surface area contributed by atoms with Crippen molar-refractivity contribution in [1.29, 1.82) is 0 Å². The summed E-state index contributed by atoms with van der Waals surface area (Å²) in [5.41, 5.74) is 11.3. The van der Waals surface area contributed by atoms with Crippen molar-refractivity contribution in [3.8, 4) is 0 Å². The van der Waals surface area contributed by atoms with Crippen LogP contribution in [0, 0.1) is 6.92 Å². The van der Waals surface area contributed by atoms with Crippen LogP contribution in [0.15, 0.2) is 30.3 Å². The Morgan fingerprint density at radius 2 is 2.15 bits per heavy atom. The quantitative estimate of drug-likeness (QED) is 0.922. The fourth-order valence-electron chi connectivity index (χ4n) is 2.99. The van der Waals surface area contributed by atoms with E-state index in [-0.39, 0.29) is 6.04 Å². The van der Waals surface area contributed by atoms with Crippen molar-refractivity contribution in [1.82, 2.24) is 9.78 Å². The molecule has 1 heterocycles. The smallest absolute Gasteiger partial charge is 0.0723 e. The fourth-order valence-corrected chi connectivity index (χ4v) is 2.99. The van der Waals surface area contributed by atoms with Crippen molar-refractivity contribution in [3.05, 3.63) is 52.8 Å². The summed E-state index contributed by atoms with van der Waals surface area (Å²) in [4.78, 5) is 0. The first-order chi connectivity index (χ1) is 9.69. The summed E-state index contributed by atoms with van der Waals surface area (Å²) in [6.45, 7) is 4.99. The molecule has 0 bridgehead atoms. The maximum absolute atomic E-state index is 6.47. The van der Waals surface area contributed by atoms with Crippen molar-refractivity contribution < 1.29 is 0 Å². The average molecular weight is 269 g/mol. The van der Waals surface area contributed by atoms with Crippen molar-refractivity contribution in [2.45, 2.75) is 51.6 Å². The molecule has 0 amide bonds. The normalized spacial score (nSPS) is 16.9. The Labute approximate surface area is 120 Å². The van der Waals surface area contributed by atoms with E-state index in [0.717, 1.165) is 23.9 Å². The highest BCUT2D eigenvalue weighted by Crippen LogP contribution is 2.37. The molecule has 3 nitrogen and oxygen atoms in total. The first kappa shape index (κ1) is 13.4. The van der Waals surface area contributed by atoms with E-state index in [1.54, 1.807) is 0 Å². The van der Waals surface area contributed by atoms with Crippen LogP contribution in [-0.4, -0.2) is 9.78 Å². The lowest BCUT2D eigenvalue weighted by Crippen LogP contribution is -2.18. The number of nitrogens with zero attached hydrogens (tertiary/aromatic N) is 2. The van der Waals surface area contributed by atoms with Gasteiger partial charge in [-0.2, -0.15) is 5.10 Å². The molecule has 1 fully saturated rings. The Morgan fingerprint density at radius 1 is 1.35 bits per heavy atom. The summed E-state index contributed by atoms with van der Waals surface area (Å²) in [5.74, 6) is 0.750. The molecule has 1 aromatic carbocycles. The summed E-state index contributed by atoms with van der Waals surface area (Å²) >= 11 is 0. The highest BCUT2D eigenvalue weighted by Gasteiger charge is 2.21. The van der Waals surface area contributed by atoms with Gasteiger partial charge in [-0.05, 0) is 49.8 Å². The van der Waals surface area contributed by atoms with Crippen LogP contribution in [0.5, 0.6) is 0 Å². The number of aromatic nitrogens is 2. The van der Waals surface area contributed by atoms with Crippen LogP contribution in [0.4, 0.5) is 0 Å². The third-order valence-electron chi connectivity index (χ3n) is 4.40. The lowest BCUT2D eigenvalue weighted by Gasteiger charge is -2.26. The number of hydrogen-bond donors (Lipinski definition) is 1. The maximum Gasteiger partial charge on any atom is 0.0723 e. The molecule has 20 heavy (non-hydrogen) atoms. The fraction of sp³-hybridized carbons (Fsp3) is 0.471. The highest BCUT2D eigenvalue weighted by atomic mass is 15.3. The summed E-state index contributed by atoms with van der Waals surface area (Å²) < 4.78 is 2.01. The van der Waals surface area contributed by atoms with Crippen LogP contribution in [0.2, 0.25) is 0 Å². The van der Waals surface area contributed by atoms with E-state index in [2.05, 4.69) is 42.4 Å². The van der Waals surface area contributed by atoms with Gasteiger partial charge in [0.2, 0.25) is 0 Å². The van der Waals surface area contributed by atoms with Gasteiger partial charge < -0.3 is 5.73 Å². The maximum atomic E-state index is 6.47. The topological polar surface area (TPSA) is 43.8 Å². The molecule has 0 aliphatic heterocycles. The highest BCUT2D eigenvalue weighted by molar-refractivity contribution is 5.34. The molecular formula is C17H23N3. The van der Waals surface area contributed by atoms with Gasteiger partial charge in [-0.25, -0.2) is 0 Å². The second kappa shape index (κ2) is 5.41. The molecule has 1 unspecified atom stereocenters. The summed E-state index contributed by atoms with van der Waals surface area (Å²) in [6, 6.07) is 10.8. The number of aryl methyl sites for hydroxylation is 2. The monoisotopic (exact) mass is 269 g/mol. The minimum Gasteiger partial charge on any atom is -0.319 e. The summed E-state index contributed by atoms with van der Waals surface area (Å²) in [6.07, 6.45) is 4.01. The van der Waals surface area contributed by atoms with E-state index in [4.69, 9.17) is 5.73 Å². The molecule has 0 spiro atoms. The molecule has 3 heteroatoms. The SMILES string of the molecule is CCn1nc(C)cc1C(N)c1cccc(C2CCC2)c1. The van der Waals surface area contributed by atoms with Gasteiger partial charge in [0.1, 0.15) is 0 Å². The minimum absolute atomic E-state index is 0.0869. The first-order valence-electron chi connectivity index (χ1n) is 7.59. The molecule has 0 saturated heterocycles. The van der Waals surface area contributed by atoms with Crippen LogP contribution in [0.25, 0.3) is 0 Å². The van der Waals surface area contributed by atoms with E-state index < -0.39 is 0 Å². The van der Waals surface area contributed by atoms with Crippen LogP contribution in [0.3, 0.4) is 0 Å². The molecule has 1 aliphatic rings. The predicted octanol–water partition coefficient (Wildman–Crippen LogP) is 3.53. The van der Waals surface area contributed by atoms with E-state index in [9.17, 15) is 0 Å². The van der Waals surface area contributed by atoms with Crippen LogP contribution in [-0.2, 0) is 6.54 Å². The van der Waals surface area contributed by atoms with Gasteiger partial charge in [-0.1, -0.05) is 30.7 Å². The summed E-state index contributed by atoms with van der Waals surface area (Å²) in [7, 11) is 0. The van der Waals surface area contributed by atoms with E-state index in [0.29, 0.717) is 0 Å². The Kier molecular flexibility index (Phi) is 3.62. The zero-order valence-electron chi connectivity index (χ0n) is 12.3. The molecule has 0 radical (unpaired) electrons. The van der Waals surface area contributed by atoms with Crippen molar-refractivity contribution in [3.63, 3.8) is 0 Å². The van der Waals surface area contributed by atoms with Gasteiger partial charge in [0.25, 0.3) is 0 Å². The minimum atomic E-state index is -0.0869. The van der Waals surface area contributed by atoms with E-state index in [1.807, 2.05) is 11.6 Å². The molecule has 1 aromatic heterocycles. The van der Waals surface area contributed by atoms with Gasteiger partial charge >= 0.3 is 0 Å². The standard InChI is InChI=1S/C17H23N3/c1-3-20-16(10-12(2)19-20)17(18)15-9-5-8-14(11-15)13-6-4-7-13/h5,8-11,13,17H,3-4,6-7,18H2,1-2H3. The van der Waals surface area contributed by atoms with Crippen molar-refractivity contribution in [2.75, 3.05) is 0 Å². The van der Waals surface area contributed by atoms with Crippen LogP contribution >= 0.6 is 0 Å². The van der Waals surface area contributed by atoms with Gasteiger partial charge in [-0.3, -0.25) is 4.68 Å². The van der Waals surface area contributed by atoms with Crippen LogP contribution < -0.4 is 5.73 Å². The average Bonchev–Trinajstić information content (AvgIpc) is 2.77. The summed E-state index contributed by atoms with van der Waals surface area (Å²) in [5, 5.41) is 4.50. The van der Waals surface area contributed by atoms with Gasteiger partial charge in [0.15, 0.2) is 0 Å². The lowest BCUT2D eigenvalue weighted by atomic mass is 9.79. The number of rotatable bonds is 4. The lowest BCUT2D eigenvalue weighted by molar-refractivity contribution is 0.419. The third kappa shape index (κ3) is 2.38.